The number of ether oxygens (including phenoxy) is 2. The summed E-state index contributed by atoms with van der Waals surface area (Å²) in [5.41, 5.74) is 1.64. The van der Waals surface area contributed by atoms with Crippen LogP contribution in [0.15, 0.2) is 42.5 Å². The largest absolute Gasteiger partial charge is 0.494 e. The average Bonchev–Trinajstić information content (AvgIpc) is 3.57. The van der Waals surface area contributed by atoms with Gasteiger partial charge in [0, 0.05) is 25.0 Å². The maximum absolute atomic E-state index is 13.6. The van der Waals surface area contributed by atoms with Crippen molar-refractivity contribution in [3.8, 4) is 5.75 Å². The van der Waals surface area contributed by atoms with Gasteiger partial charge in [0.2, 0.25) is 11.8 Å². The molecule has 8 nitrogen and oxygen atoms in total. The van der Waals surface area contributed by atoms with E-state index in [-0.39, 0.29) is 36.7 Å². The molecule has 2 aliphatic heterocycles. The van der Waals surface area contributed by atoms with Gasteiger partial charge in [-0.05, 0) is 49.2 Å². The molecule has 33 heavy (non-hydrogen) atoms. The monoisotopic (exact) mass is 465 g/mol. The Morgan fingerprint density at radius 3 is 2.61 bits per heavy atom. The molecule has 2 aromatic carbocycles. The lowest BCUT2D eigenvalue weighted by molar-refractivity contribution is -0.121. The number of fused-ring (bicyclic) bond motifs is 1. The molecule has 3 heterocycles. The molecule has 3 amide bonds. The van der Waals surface area contributed by atoms with Crippen molar-refractivity contribution >= 4 is 50.1 Å². The number of carbonyl (C=O) groups is 3. The summed E-state index contributed by atoms with van der Waals surface area (Å²) >= 11 is 1.43. The summed E-state index contributed by atoms with van der Waals surface area (Å²) in [4.78, 5) is 45.2. The van der Waals surface area contributed by atoms with E-state index in [1.165, 1.54) is 16.2 Å². The minimum absolute atomic E-state index is 0.0537. The minimum Gasteiger partial charge on any atom is -0.494 e. The standard InChI is InChI=1S/C24H23N3O5S/c1-31-18-5-2-6-19-22(18)25-24(33-19)26(14-17-4-3-13-32-17)23(30)15-7-9-16(10-8-15)27-20(28)11-12-21(27)29/h2,5-10,17H,3-4,11-14H2,1H3. The van der Waals surface area contributed by atoms with Gasteiger partial charge >= 0.3 is 0 Å². The Morgan fingerprint density at radius 2 is 1.94 bits per heavy atom. The van der Waals surface area contributed by atoms with Crippen LogP contribution >= 0.6 is 11.3 Å². The van der Waals surface area contributed by atoms with Crippen molar-refractivity contribution in [2.75, 3.05) is 30.1 Å². The van der Waals surface area contributed by atoms with Crippen LogP contribution in [0, 0.1) is 0 Å². The van der Waals surface area contributed by atoms with Crippen molar-refractivity contribution in [2.24, 2.45) is 0 Å². The first kappa shape index (κ1) is 21.5. The first-order chi connectivity index (χ1) is 16.0. The fraction of sp³-hybridized carbons (Fsp3) is 0.333. The normalized spacial score (nSPS) is 18.3. The molecular weight excluding hydrogens is 442 g/mol. The summed E-state index contributed by atoms with van der Waals surface area (Å²) in [5, 5.41) is 0.573. The van der Waals surface area contributed by atoms with Gasteiger partial charge in [0.25, 0.3) is 5.91 Å². The van der Waals surface area contributed by atoms with Crippen LogP contribution in [0.1, 0.15) is 36.0 Å². The highest BCUT2D eigenvalue weighted by atomic mass is 32.1. The Labute approximate surface area is 194 Å². The van der Waals surface area contributed by atoms with E-state index in [0.29, 0.717) is 40.8 Å². The van der Waals surface area contributed by atoms with Crippen molar-refractivity contribution in [3.63, 3.8) is 0 Å². The van der Waals surface area contributed by atoms with Crippen molar-refractivity contribution in [1.29, 1.82) is 0 Å². The number of aromatic nitrogens is 1. The molecule has 0 radical (unpaired) electrons. The number of anilines is 2. The summed E-state index contributed by atoms with van der Waals surface area (Å²) in [5.74, 6) is 0.00276. The second kappa shape index (κ2) is 8.92. The molecule has 0 spiro atoms. The molecule has 170 valence electrons. The molecule has 1 aromatic heterocycles. The fourth-order valence-corrected chi connectivity index (χ4v) is 5.20. The smallest absolute Gasteiger partial charge is 0.260 e. The third-order valence-electron chi connectivity index (χ3n) is 5.90. The summed E-state index contributed by atoms with van der Waals surface area (Å²) in [7, 11) is 1.60. The molecule has 2 fully saturated rings. The molecular formula is C24H23N3O5S. The second-order valence-electron chi connectivity index (χ2n) is 8.02. The van der Waals surface area contributed by atoms with E-state index < -0.39 is 0 Å². The summed E-state index contributed by atoms with van der Waals surface area (Å²) in [6.45, 7) is 1.08. The average molecular weight is 466 g/mol. The van der Waals surface area contributed by atoms with Crippen molar-refractivity contribution in [3.05, 3.63) is 48.0 Å². The molecule has 0 N–H and O–H groups in total. The summed E-state index contributed by atoms with van der Waals surface area (Å²) in [6.07, 6.45) is 2.23. The topological polar surface area (TPSA) is 89.0 Å². The highest BCUT2D eigenvalue weighted by molar-refractivity contribution is 7.22. The molecule has 1 atom stereocenters. The molecule has 1 unspecified atom stereocenters. The van der Waals surface area contributed by atoms with Gasteiger partial charge in [0.05, 0.1) is 30.1 Å². The van der Waals surface area contributed by atoms with Gasteiger partial charge < -0.3 is 9.47 Å². The predicted molar refractivity (Wildman–Crippen MR) is 125 cm³/mol. The Balaban J connectivity index is 1.47. The van der Waals surface area contributed by atoms with Crippen molar-refractivity contribution in [2.45, 2.75) is 31.8 Å². The number of methoxy groups -OCH3 is 1. The van der Waals surface area contributed by atoms with Crippen LogP contribution in [0.25, 0.3) is 10.2 Å². The number of thiazole rings is 1. The number of para-hydroxylation sites is 1. The van der Waals surface area contributed by atoms with Crippen LogP contribution in [-0.4, -0.2) is 49.1 Å². The zero-order chi connectivity index (χ0) is 22.9. The van der Waals surface area contributed by atoms with Crippen LogP contribution in [0.3, 0.4) is 0 Å². The van der Waals surface area contributed by atoms with E-state index in [1.807, 2.05) is 18.2 Å². The van der Waals surface area contributed by atoms with E-state index in [2.05, 4.69) is 0 Å². The first-order valence-corrected chi connectivity index (χ1v) is 11.7. The minimum atomic E-state index is -0.220. The molecule has 0 saturated carbocycles. The highest BCUT2D eigenvalue weighted by Gasteiger charge is 2.31. The molecule has 0 aliphatic carbocycles. The molecule has 3 aromatic rings. The van der Waals surface area contributed by atoms with Gasteiger partial charge in [0.1, 0.15) is 11.3 Å². The van der Waals surface area contributed by atoms with Gasteiger partial charge in [-0.25, -0.2) is 4.98 Å². The van der Waals surface area contributed by atoms with Crippen LogP contribution in [0.2, 0.25) is 0 Å². The van der Waals surface area contributed by atoms with Gasteiger partial charge in [-0.3, -0.25) is 24.2 Å². The number of benzene rings is 2. The molecule has 2 saturated heterocycles. The molecule has 2 aliphatic rings. The van der Waals surface area contributed by atoms with Gasteiger partial charge in [0.15, 0.2) is 5.13 Å². The number of hydrogen-bond donors (Lipinski definition) is 0. The van der Waals surface area contributed by atoms with E-state index in [4.69, 9.17) is 14.5 Å². The lowest BCUT2D eigenvalue weighted by Gasteiger charge is -2.23. The van der Waals surface area contributed by atoms with Crippen molar-refractivity contribution in [1.82, 2.24) is 4.98 Å². The Bertz CT molecular complexity index is 1200. The fourth-order valence-electron chi connectivity index (χ4n) is 4.21. The molecule has 5 rings (SSSR count). The zero-order valence-corrected chi connectivity index (χ0v) is 19.0. The lowest BCUT2D eigenvalue weighted by atomic mass is 10.1. The van der Waals surface area contributed by atoms with Gasteiger partial charge in [-0.1, -0.05) is 17.4 Å². The Hall–Kier alpha value is -3.30. The van der Waals surface area contributed by atoms with Crippen LogP contribution in [0.4, 0.5) is 10.8 Å². The quantitative estimate of drug-likeness (QED) is 0.515. The van der Waals surface area contributed by atoms with Crippen LogP contribution in [0.5, 0.6) is 5.75 Å². The van der Waals surface area contributed by atoms with E-state index >= 15 is 0 Å². The van der Waals surface area contributed by atoms with Gasteiger partial charge in [-0.2, -0.15) is 0 Å². The van der Waals surface area contributed by atoms with Gasteiger partial charge in [-0.15, -0.1) is 0 Å². The van der Waals surface area contributed by atoms with E-state index in [9.17, 15) is 14.4 Å². The Morgan fingerprint density at radius 1 is 1.18 bits per heavy atom. The van der Waals surface area contributed by atoms with E-state index in [0.717, 1.165) is 17.5 Å². The lowest BCUT2D eigenvalue weighted by Crippen LogP contribution is -2.37. The number of rotatable bonds is 6. The summed E-state index contributed by atoms with van der Waals surface area (Å²) in [6, 6.07) is 12.3. The predicted octanol–water partition coefficient (Wildman–Crippen LogP) is 3.78. The number of imide groups is 1. The SMILES string of the molecule is COc1cccc2sc(N(CC3CCCO3)C(=O)c3ccc(N4C(=O)CCC4=O)cc3)nc12. The number of carbonyl (C=O) groups excluding carboxylic acids is 3. The van der Waals surface area contributed by atoms with Crippen molar-refractivity contribution < 1.29 is 23.9 Å². The highest BCUT2D eigenvalue weighted by Crippen LogP contribution is 2.35. The molecule has 0 bridgehead atoms. The Kier molecular flexibility index (Phi) is 5.82. The number of amides is 3. The maximum atomic E-state index is 13.6. The summed E-state index contributed by atoms with van der Waals surface area (Å²) < 4.78 is 12.2. The third kappa shape index (κ3) is 4.09. The third-order valence-corrected chi connectivity index (χ3v) is 6.94. The first-order valence-electron chi connectivity index (χ1n) is 10.9. The molecule has 9 heteroatoms. The van der Waals surface area contributed by atoms with E-state index in [1.54, 1.807) is 36.3 Å². The maximum Gasteiger partial charge on any atom is 0.260 e. The van der Waals surface area contributed by atoms with Crippen LogP contribution in [-0.2, 0) is 14.3 Å². The zero-order valence-electron chi connectivity index (χ0n) is 18.2. The van der Waals surface area contributed by atoms with Crippen LogP contribution < -0.4 is 14.5 Å². The second-order valence-corrected chi connectivity index (χ2v) is 9.03. The number of nitrogens with zero attached hydrogens (tertiary/aromatic N) is 3. The number of hydrogen-bond acceptors (Lipinski definition) is 7.